The first-order chi connectivity index (χ1) is 7.15. The van der Waals surface area contributed by atoms with E-state index in [1.54, 1.807) is 6.92 Å². The molecule has 1 N–H and O–H groups in total. The summed E-state index contributed by atoms with van der Waals surface area (Å²) in [6, 6.07) is -0.420. The predicted molar refractivity (Wildman–Crippen MR) is 53.0 cm³/mol. The van der Waals surface area contributed by atoms with Crippen molar-refractivity contribution in [2.75, 3.05) is 13.2 Å². The van der Waals surface area contributed by atoms with Crippen LogP contribution in [0.5, 0.6) is 0 Å². The zero-order chi connectivity index (χ0) is 11.3. The summed E-state index contributed by atoms with van der Waals surface area (Å²) >= 11 is 0. The second-order valence-corrected chi connectivity index (χ2v) is 3.81. The lowest BCUT2D eigenvalue weighted by Crippen LogP contribution is -2.36. The van der Waals surface area contributed by atoms with Crippen molar-refractivity contribution in [3.63, 3.8) is 0 Å². The largest absolute Gasteiger partial charge is 0.464 e. The van der Waals surface area contributed by atoms with Crippen molar-refractivity contribution in [2.24, 2.45) is 0 Å². The van der Waals surface area contributed by atoms with Crippen LogP contribution in [0, 0.1) is 0 Å². The van der Waals surface area contributed by atoms with Crippen LogP contribution in [-0.4, -0.2) is 47.7 Å². The van der Waals surface area contributed by atoms with Gasteiger partial charge in [-0.1, -0.05) is 0 Å². The number of amides is 1. The molecule has 0 aliphatic carbocycles. The zero-order valence-corrected chi connectivity index (χ0v) is 8.89. The molecular weight excluding hydrogens is 198 g/mol. The van der Waals surface area contributed by atoms with Gasteiger partial charge in [-0.05, 0) is 19.8 Å². The maximum atomic E-state index is 11.5. The Hall–Kier alpha value is -1.10. The fourth-order valence-electron chi connectivity index (χ4n) is 1.59. The molecule has 2 unspecified atom stereocenters. The van der Waals surface area contributed by atoms with Crippen molar-refractivity contribution in [1.82, 2.24) is 4.90 Å². The van der Waals surface area contributed by atoms with Gasteiger partial charge >= 0.3 is 5.97 Å². The molecule has 0 aromatic heterocycles. The number of rotatable bonds is 5. The topological polar surface area (TPSA) is 66.8 Å². The number of ether oxygens (including phenoxy) is 1. The second kappa shape index (κ2) is 5.70. The van der Waals surface area contributed by atoms with Gasteiger partial charge in [0.1, 0.15) is 6.04 Å². The lowest BCUT2D eigenvalue weighted by molar-refractivity contribution is -0.151. The van der Waals surface area contributed by atoms with E-state index < -0.39 is 12.1 Å². The van der Waals surface area contributed by atoms with Crippen molar-refractivity contribution >= 4 is 12.4 Å². The molecule has 1 aliphatic heterocycles. The zero-order valence-electron chi connectivity index (χ0n) is 8.89. The highest BCUT2D eigenvalue weighted by Crippen LogP contribution is 2.16. The average molecular weight is 215 g/mol. The lowest BCUT2D eigenvalue weighted by atomic mass is 10.2. The number of likely N-dealkylation sites (tertiary alicyclic amines) is 1. The van der Waals surface area contributed by atoms with E-state index in [-0.39, 0.29) is 12.6 Å². The Labute approximate surface area is 89.0 Å². The van der Waals surface area contributed by atoms with E-state index in [1.165, 1.54) is 4.90 Å². The Balaban J connectivity index is 2.30. The van der Waals surface area contributed by atoms with Crippen LogP contribution in [0.2, 0.25) is 0 Å². The van der Waals surface area contributed by atoms with Crippen LogP contribution in [0.1, 0.15) is 26.2 Å². The van der Waals surface area contributed by atoms with Crippen molar-refractivity contribution in [1.29, 1.82) is 0 Å². The van der Waals surface area contributed by atoms with E-state index in [0.717, 1.165) is 6.42 Å². The molecule has 86 valence electrons. The summed E-state index contributed by atoms with van der Waals surface area (Å²) in [5.41, 5.74) is 0. The molecule has 5 heteroatoms. The highest BCUT2D eigenvalue weighted by atomic mass is 16.5. The first-order valence-electron chi connectivity index (χ1n) is 5.21. The number of aliphatic hydroxyl groups excluding tert-OH is 1. The highest BCUT2D eigenvalue weighted by molar-refractivity contribution is 5.78. The molecule has 0 radical (unpaired) electrons. The van der Waals surface area contributed by atoms with Crippen LogP contribution < -0.4 is 0 Å². The molecule has 15 heavy (non-hydrogen) atoms. The number of carbonyl (C=O) groups is 2. The van der Waals surface area contributed by atoms with Gasteiger partial charge in [0.25, 0.3) is 0 Å². The third-order valence-electron chi connectivity index (χ3n) is 2.48. The standard InChI is InChI=1S/C10H17NO4/c1-8(13)4-6-15-10(14)9-3-2-5-11(9)7-12/h7-9,13H,2-6H2,1H3. The number of hydrogen-bond donors (Lipinski definition) is 1. The molecule has 0 bridgehead atoms. The quantitative estimate of drug-likeness (QED) is 0.514. The summed E-state index contributed by atoms with van der Waals surface area (Å²) in [7, 11) is 0. The molecule has 0 spiro atoms. The van der Waals surface area contributed by atoms with Gasteiger partial charge in [-0.15, -0.1) is 0 Å². The summed E-state index contributed by atoms with van der Waals surface area (Å²) in [6.07, 6.45) is 2.16. The number of carbonyl (C=O) groups excluding carboxylic acids is 2. The van der Waals surface area contributed by atoms with Crippen molar-refractivity contribution in [3.8, 4) is 0 Å². The minimum absolute atomic E-state index is 0.208. The molecule has 1 amide bonds. The van der Waals surface area contributed by atoms with E-state index >= 15 is 0 Å². The molecule has 5 nitrogen and oxygen atoms in total. The first kappa shape index (κ1) is 12.0. The Morgan fingerprint density at radius 3 is 3.07 bits per heavy atom. The summed E-state index contributed by atoms with van der Waals surface area (Å²) in [5.74, 6) is -0.361. The molecule has 1 aliphatic rings. The van der Waals surface area contributed by atoms with Crippen LogP contribution in [0.3, 0.4) is 0 Å². The van der Waals surface area contributed by atoms with Crippen LogP contribution in [0.15, 0.2) is 0 Å². The SMILES string of the molecule is CC(O)CCOC(=O)C1CCCN1C=O. The predicted octanol–water partition coefficient (Wildman–Crippen LogP) is -0.0787. The monoisotopic (exact) mass is 215 g/mol. The smallest absolute Gasteiger partial charge is 0.328 e. The molecular formula is C10H17NO4. The Morgan fingerprint density at radius 1 is 1.73 bits per heavy atom. The van der Waals surface area contributed by atoms with E-state index in [2.05, 4.69) is 0 Å². The number of nitrogens with zero attached hydrogens (tertiary/aromatic N) is 1. The normalized spacial score (nSPS) is 22.5. The van der Waals surface area contributed by atoms with Gasteiger partial charge in [0, 0.05) is 13.0 Å². The molecule has 2 atom stereocenters. The molecule has 0 aromatic carbocycles. The van der Waals surface area contributed by atoms with Gasteiger partial charge in [0.15, 0.2) is 0 Å². The maximum Gasteiger partial charge on any atom is 0.328 e. The Kier molecular flexibility index (Phi) is 4.55. The van der Waals surface area contributed by atoms with Crippen molar-refractivity contribution in [2.45, 2.75) is 38.3 Å². The van der Waals surface area contributed by atoms with E-state index in [0.29, 0.717) is 25.8 Å². The molecule has 1 rings (SSSR count). The van der Waals surface area contributed by atoms with Crippen LogP contribution in [0.4, 0.5) is 0 Å². The maximum absolute atomic E-state index is 11.5. The minimum atomic E-state index is -0.469. The van der Waals surface area contributed by atoms with Crippen LogP contribution in [-0.2, 0) is 14.3 Å². The molecule has 0 aromatic rings. The summed E-state index contributed by atoms with van der Waals surface area (Å²) in [5, 5.41) is 8.97. The van der Waals surface area contributed by atoms with E-state index in [9.17, 15) is 9.59 Å². The molecule has 1 fully saturated rings. The van der Waals surface area contributed by atoms with Crippen LogP contribution in [0.25, 0.3) is 0 Å². The fourth-order valence-corrected chi connectivity index (χ4v) is 1.59. The van der Waals surface area contributed by atoms with Crippen LogP contribution >= 0.6 is 0 Å². The Bertz CT molecular complexity index is 229. The van der Waals surface area contributed by atoms with Gasteiger partial charge in [0.05, 0.1) is 12.7 Å². The average Bonchev–Trinajstić information content (AvgIpc) is 2.64. The highest BCUT2D eigenvalue weighted by Gasteiger charge is 2.30. The number of hydrogen-bond acceptors (Lipinski definition) is 4. The van der Waals surface area contributed by atoms with Gasteiger partial charge in [-0.3, -0.25) is 4.79 Å². The van der Waals surface area contributed by atoms with Gasteiger partial charge in [-0.25, -0.2) is 4.79 Å². The van der Waals surface area contributed by atoms with Gasteiger partial charge in [-0.2, -0.15) is 0 Å². The van der Waals surface area contributed by atoms with E-state index in [4.69, 9.17) is 9.84 Å². The third-order valence-corrected chi connectivity index (χ3v) is 2.48. The minimum Gasteiger partial charge on any atom is -0.464 e. The van der Waals surface area contributed by atoms with Gasteiger partial charge in [0.2, 0.25) is 6.41 Å². The summed E-state index contributed by atoms with van der Waals surface area (Å²) < 4.78 is 4.97. The third kappa shape index (κ3) is 3.51. The molecule has 1 saturated heterocycles. The first-order valence-corrected chi connectivity index (χ1v) is 5.21. The summed E-state index contributed by atoms with van der Waals surface area (Å²) in [6.45, 7) is 2.47. The van der Waals surface area contributed by atoms with Crippen molar-refractivity contribution in [3.05, 3.63) is 0 Å². The second-order valence-electron chi connectivity index (χ2n) is 3.81. The Morgan fingerprint density at radius 2 is 2.47 bits per heavy atom. The summed E-state index contributed by atoms with van der Waals surface area (Å²) in [4.78, 5) is 23.5. The molecule has 0 saturated carbocycles. The van der Waals surface area contributed by atoms with Crippen molar-refractivity contribution < 1.29 is 19.4 Å². The number of esters is 1. The molecule has 1 heterocycles. The lowest BCUT2D eigenvalue weighted by Gasteiger charge is -2.18. The van der Waals surface area contributed by atoms with Gasteiger partial charge < -0.3 is 14.7 Å². The number of aliphatic hydroxyl groups is 1. The van der Waals surface area contributed by atoms with E-state index in [1.807, 2.05) is 0 Å². The fraction of sp³-hybridized carbons (Fsp3) is 0.800.